The Balaban J connectivity index is 1.60. The number of rotatable bonds is 4. The molecule has 0 radical (unpaired) electrons. The van der Waals surface area contributed by atoms with Crippen LogP contribution in [0.2, 0.25) is 0 Å². The molecule has 4 heterocycles. The van der Waals surface area contributed by atoms with Crippen LogP contribution in [0, 0.1) is 6.92 Å². The maximum absolute atomic E-state index is 12.8. The number of nitrogens with zero attached hydrogens (tertiary/aromatic N) is 7. The van der Waals surface area contributed by atoms with Crippen molar-refractivity contribution >= 4 is 11.2 Å². The summed E-state index contributed by atoms with van der Waals surface area (Å²) in [6.07, 6.45) is 7.26. The van der Waals surface area contributed by atoms with Crippen molar-refractivity contribution < 1.29 is 0 Å². The molecule has 1 aliphatic heterocycles. The molecule has 0 aliphatic carbocycles. The molecule has 138 valence electrons. The maximum Gasteiger partial charge on any atom is 0.330 e. The largest absolute Gasteiger partial charge is 0.330 e. The van der Waals surface area contributed by atoms with E-state index in [0.29, 0.717) is 0 Å². The molecule has 4 rings (SSSR count). The fourth-order valence-electron chi connectivity index (χ4n) is 4.01. The monoisotopic (exact) mass is 355 g/mol. The van der Waals surface area contributed by atoms with Crippen LogP contribution in [0.4, 0.5) is 0 Å². The van der Waals surface area contributed by atoms with Crippen molar-refractivity contribution in [3.8, 4) is 0 Å². The van der Waals surface area contributed by atoms with Gasteiger partial charge in [0.2, 0.25) is 0 Å². The Bertz CT molecular complexity index is 983. The van der Waals surface area contributed by atoms with E-state index in [0.717, 1.165) is 50.2 Å². The zero-order valence-corrected chi connectivity index (χ0v) is 15.6. The second-order valence-electron chi connectivity index (χ2n) is 7.05. The summed E-state index contributed by atoms with van der Waals surface area (Å²) >= 11 is 0. The summed E-state index contributed by atoms with van der Waals surface area (Å²) < 4.78 is 5.53. The number of aryl methyl sites for hydroxylation is 2. The summed E-state index contributed by atoms with van der Waals surface area (Å²) in [6, 6.07) is 0.136. The van der Waals surface area contributed by atoms with Gasteiger partial charge in [0.1, 0.15) is 11.8 Å². The molecule has 1 saturated heterocycles. The van der Waals surface area contributed by atoms with E-state index in [-0.39, 0.29) is 11.7 Å². The van der Waals surface area contributed by atoms with E-state index in [2.05, 4.69) is 33.8 Å². The van der Waals surface area contributed by atoms with E-state index in [1.54, 1.807) is 17.8 Å². The molecule has 1 fully saturated rings. The van der Waals surface area contributed by atoms with Crippen LogP contribution in [-0.2, 0) is 20.1 Å². The third kappa shape index (κ3) is 2.74. The summed E-state index contributed by atoms with van der Waals surface area (Å²) in [5.41, 5.74) is 4.00. The second kappa shape index (κ2) is 6.68. The molecule has 3 aromatic rings. The van der Waals surface area contributed by atoms with Gasteiger partial charge in [-0.1, -0.05) is 0 Å². The van der Waals surface area contributed by atoms with Crippen molar-refractivity contribution in [3.05, 3.63) is 40.5 Å². The van der Waals surface area contributed by atoms with E-state index >= 15 is 0 Å². The Labute approximate surface area is 152 Å². The standard InChI is InChI=1S/C18H25N7O/c1-4-24-13(2)14(8-21-24)10-23-7-5-6-15(11-23)25-17-16(9-19-12-20-17)22(3)18(25)26/h8-9,12,15H,4-7,10-11H2,1-3H3/t15-/m0/s1. The Morgan fingerprint density at radius 3 is 2.92 bits per heavy atom. The van der Waals surface area contributed by atoms with Gasteiger partial charge in [0.25, 0.3) is 0 Å². The highest BCUT2D eigenvalue weighted by molar-refractivity contribution is 5.70. The topological polar surface area (TPSA) is 73.8 Å². The van der Waals surface area contributed by atoms with Gasteiger partial charge < -0.3 is 0 Å². The molecule has 1 atom stereocenters. The number of imidazole rings is 1. The van der Waals surface area contributed by atoms with Crippen LogP contribution in [0.5, 0.6) is 0 Å². The minimum absolute atomic E-state index is 0.0117. The smallest absolute Gasteiger partial charge is 0.297 e. The molecule has 0 N–H and O–H groups in total. The molecule has 0 aromatic carbocycles. The van der Waals surface area contributed by atoms with Gasteiger partial charge >= 0.3 is 5.69 Å². The Kier molecular flexibility index (Phi) is 4.36. The predicted molar refractivity (Wildman–Crippen MR) is 99.0 cm³/mol. The first-order chi connectivity index (χ1) is 12.6. The van der Waals surface area contributed by atoms with E-state index in [9.17, 15) is 4.79 Å². The molecule has 1 aliphatic rings. The van der Waals surface area contributed by atoms with Gasteiger partial charge in [-0.15, -0.1) is 0 Å². The van der Waals surface area contributed by atoms with Gasteiger partial charge in [-0.05, 0) is 33.2 Å². The summed E-state index contributed by atoms with van der Waals surface area (Å²) in [5, 5.41) is 4.45. The van der Waals surface area contributed by atoms with Crippen LogP contribution >= 0.6 is 0 Å². The molecule has 0 amide bonds. The molecular weight excluding hydrogens is 330 g/mol. The lowest BCUT2D eigenvalue weighted by Gasteiger charge is -2.33. The zero-order chi connectivity index (χ0) is 18.3. The van der Waals surface area contributed by atoms with Gasteiger partial charge in [0.15, 0.2) is 5.65 Å². The van der Waals surface area contributed by atoms with E-state index in [1.807, 2.05) is 15.4 Å². The molecule has 0 unspecified atom stereocenters. The molecular formula is C18H25N7O. The zero-order valence-electron chi connectivity index (χ0n) is 15.6. The van der Waals surface area contributed by atoms with Crippen molar-refractivity contribution in [1.82, 2.24) is 33.8 Å². The van der Waals surface area contributed by atoms with Crippen molar-refractivity contribution in [2.75, 3.05) is 13.1 Å². The average Bonchev–Trinajstić information content (AvgIpc) is 3.13. The van der Waals surface area contributed by atoms with Crippen molar-refractivity contribution in [2.45, 2.75) is 45.8 Å². The van der Waals surface area contributed by atoms with Crippen LogP contribution in [0.1, 0.15) is 37.1 Å². The summed E-state index contributed by atoms with van der Waals surface area (Å²) in [4.78, 5) is 23.6. The number of aromatic nitrogens is 6. The summed E-state index contributed by atoms with van der Waals surface area (Å²) in [5.74, 6) is 0. The van der Waals surface area contributed by atoms with Gasteiger partial charge in [0, 0.05) is 37.9 Å². The molecule has 26 heavy (non-hydrogen) atoms. The van der Waals surface area contributed by atoms with Crippen LogP contribution in [0.15, 0.2) is 23.5 Å². The predicted octanol–water partition coefficient (Wildman–Crippen LogP) is 1.49. The van der Waals surface area contributed by atoms with Crippen molar-refractivity contribution in [2.24, 2.45) is 7.05 Å². The first-order valence-electron chi connectivity index (χ1n) is 9.20. The SMILES string of the molecule is CCn1ncc(CN2CCC[C@H](n3c(=O)n(C)c4cncnc43)C2)c1C. The number of fused-ring (bicyclic) bond motifs is 1. The highest BCUT2D eigenvalue weighted by atomic mass is 16.1. The Morgan fingerprint density at radius 1 is 1.31 bits per heavy atom. The third-order valence-corrected chi connectivity index (χ3v) is 5.50. The normalized spacial score (nSPS) is 18.7. The van der Waals surface area contributed by atoms with Gasteiger partial charge in [0.05, 0.1) is 18.4 Å². The van der Waals surface area contributed by atoms with E-state index in [4.69, 9.17) is 0 Å². The van der Waals surface area contributed by atoms with E-state index in [1.165, 1.54) is 17.6 Å². The fraction of sp³-hybridized carbons (Fsp3) is 0.556. The van der Waals surface area contributed by atoms with Crippen LogP contribution in [0.25, 0.3) is 11.2 Å². The maximum atomic E-state index is 12.8. The highest BCUT2D eigenvalue weighted by Crippen LogP contribution is 2.25. The Morgan fingerprint density at radius 2 is 2.15 bits per heavy atom. The van der Waals surface area contributed by atoms with Crippen LogP contribution < -0.4 is 5.69 Å². The fourth-order valence-corrected chi connectivity index (χ4v) is 4.01. The number of hydrogen-bond donors (Lipinski definition) is 0. The number of piperidine rings is 1. The van der Waals surface area contributed by atoms with E-state index < -0.39 is 0 Å². The molecule has 8 heteroatoms. The third-order valence-electron chi connectivity index (χ3n) is 5.50. The number of likely N-dealkylation sites (tertiary alicyclic amines) is 1. The van der Waals surface area contributed by atoms with Crippen molar-refractivity contribution in [1.29, 1.82) is 0 Å². The highest BCUT2D eigenvalue weighted by Gasteiger charge is 2.26. The summed E-state index contributed by atoms with van der Waals surface area (Å²) in [7, 11) is 1.79. The lowest BCUT2D eigenvalue weighted by molar-refractivity contribution is 0.169. The van der Waals surface area contributed by atoms with Gasteiger partial charge in [-0.2, -0.15) is 5.10 Å². The Hall–Kier alpha value is -2.48. The average molecular weight is 355 g/mol. The summed E-state index contributed by atoms with van der Waals surface area (Å²) in [6.45, 7) is 7.88. The number of hydrogen-bond acceptors (Lipinski definition) is 5. The van der Waals surface area contributed by atoms with Crippen molar-refractivity contribution in [3.63, 3.8) is 0 Å². The molecule has 0 spiro atoms. The first-order valence-corrected chi connectivity index (χ1v) is 9.20. The van der Waals surface area contributed by atoms with Crippen LogP contribution in [0.3, 0.4) is 0 Å². The molecule has 3 aromatic heterocycles. The van der Waals surface area contributed by atoms with Crippen LogP contribution in [-0.4, -0.2) is 46.9 Å². The molecule has 0 bridgehead atoms. The quantitative estimate of drug-likeness (QED) is 0.709. The minimum atomic E-state index is -0.0117. The second-order valence-corrected chi connectivity index (χ2v) is 7.05. The molecule has 8 nitrogen and oxygen atoms in total. The first kappa shape index (κ1) is 17.0. The molecule has 0 saturated carbocycles. The van der Waals surface area contributed by atoms with Gasteiger partial charge in [-0.3, -0.25) is 18.7 Å². The lowest BCUT2D eigenvalue weighted by atomic mass is 10.0. The minimum Gasteiger partial charge on any atom is -0.297 e. The lowest BCUT2D eigenvalue weighted by Crippen LogP contribution is -2.39. The van der Waals surface area contributed by atoms with Gasteiger partial charge in [-0.25, -0.2) is 14.8 Å².